The van der Waals surface area contributed by atoms with Crippen LogP contribution in [-0.4, -0.2) is 22.2 Å². The molecular formula is C24H22O4. The highest BCUT2D eigenvalue weighted by Gasteiger charge is 2.23. The summed E-state index contributed by atoms with van der Waals surface area (Å²) in [5.74, 6) is -2.80. The van der Waals surface area contributed by atoms with Gasteiger partial charge in [-0.15, -0.1) is 0 Å². The molecular weight excluding hydrogens is 352 g/mol. The lowest BCUT2D eigenvalue weighted by molar-refractivity contribution is -0.140. The minimum Gasteiger partial charge on any atom is -0.481 e. The fraction of sp³-hybridized carbons (Fsp3) is 0.167. The highest BCUT2D eigenvalue weighted by atomic mass is 16.4. The molecule has 0 amide bonds. The average Bonchev–Trinajstić information content (AvgIpc) is 2.70. The van der Waals surface area contributed by atoms with Gasteiger partial charge in [-0.2, -0.15) is 0 Å². The summed E-state index contributed by atoms with van der Waals surface area (Å²) in [5, 5.41) is 18.5. The smallest absolute Gasteiger partial charge is 0.310 e. The average molecular weight is 374 g/mol. The molecule has 0 radical (unpaired) electrons. The van der Waals surface area contributed by atoms with Crippen LogP contribution in [0, 0.1) is 0 Å². The summed E-state index contributed by atoms with van der Waals surface area (Å²) in [6.45, 7) is 0. The first-order valence-corrected chi connectivity index (χ1v) is 9.21. The van der Waals surface area contributed by atoms with E-state index in [4.69, 9.17) is 5.11 Å². The topological polar surface area (TPSA) is 74.6 Å². The Morgan fingerprint density at radius 3 is 2.00 bits per heavy atom. The second-order valence-corrected chi connectivity index (χ2v) is 6.76. The van der Waals surface area contributed by atoms with Gasteiger partial charge in [-0.1, -0.05) is 78.9 Å². The Morgan fingerprint density at radius 1 is 0.750 bits per heavy atom. The van der Waals surface area contributed by atoms with E-state index in [2.05, 4.69) is 24.3 Å². The monoisotopic (exact) mass is 374 g/mol. The van der Waals surface area contributed by atoms with Gasteiger partial charge in [0.1, 0.15) is 0 Å². The lowest BCUT2D eigenvalue weighted by Gasteiger charge is -2.16. The van der Waals surface area contributed by atoms with Gasteiger partial charge >= 0.3 is 11.9 Å². The minimum atomic E-state index is -0.992. The minimum absolute atomic E-state index is 0.0780. The summed E-state index contributed by atoms with van der Waals surface area (Å²) in [4.78, 5) is 22.6. The van der Waals surface area contributed by atoms with Crippen LogP contribution in [0.1, 0.15) is 35.4 Å². The molecule has 0 bridgehead atoms. The standard InChI is InChI=1S/C24H22O4/c25-23(26)15-14-22(24(27)28)21-9-5-4-8-20(21)16-17-10-12-19(13-11-17)18-6-2-1-3-7-18/h1-13,22H,14-16H2,(H,25,26)(H,27,28). The third kappa shape index (κ3) is 4.86. The molecule has 28 heavy (non-hydrogen) atoms. The summed E-state index contributed by atoms with van der Waals surface area (Å²) < 4.78 is 0. The molecule has 2 N–H and O–H groups in total. The van der Waals surface area contributed by atoms with Gasteiger partial charge in [0.25, 0.3) is 0 Å². The third-order valence-corrected chi connectivity index (χ3v) is 4.83. The van der Waals surface area contributed by atoms with Crippen molar-refractivity contribution in [1.82, 2.24) is 0 Å². The number of carboxylic acid groups (broad SMARTS) is 2. The van der Waals surface area contributed by atoms with Crippen LogP contribution < -0.4 is 0 Å². The number of hydrogen-bond donors (Lipinski definition) is 2. The van der Waals surface area contributed by atoms with Gasteiger partial charge in [0, 0.05) is 6.42 Å². The van der Waals surface area contributed by atoms with Crippen LogP contribution in [0.4, 0.5) is 0 Å². The maximum Gasteiger partial charge on any atom is 0.310 e. The van der Waals surface area contributed by atoms with E-state index in [9.17, 15) is 14.7 Å². The molecule has 3 aromatic carbocycles. The van der Waals surface area contributed by atoms with Crippen molar-refractivity contribution in [1.29, 1.82) is 0 Å². The zero-order valence-corrected chi connectivity index (χ0v) is 15.4. The van der Waals surface area contributed by atoms with Crippen LogP contribution in [0.5, 0.6) is 0 Å². The molecule has 0 aliphatic carbocycles. The van der Waals surface area contributed by atoms with Gasteiger partial charge in [0.15, 0.2) is 0 Å². The van der Waals surface area contributed by atoms with Gasteiger partial charge in [0.05, 0.1) is 5.92 Å². The summed E-state index contributed by atoms with van der Waals surface area (Å²) >= 11 is 0. The molecule has 0 heterocycles. The zero-order valence-electron chi connectivity index (χ0n) is 15.4. The Labute approximate surface area is 164 Å². The van der Waals surface area contributed by atoms with E-state index in [1.165, 1.54) is 0 Å². The maximum absolute atomic E-state index is 11.7. The van der Waals surface area contributed by atoms with Crippen molar-refractivity contribution in [2.24, 2.45) is 0 Å². The molecule has 4 nitrogen and oxygen atoms in total. The molecule has 0 aromatic heterocycles. The maximum atomic E-state index is 11.7. The van der Waals surface area contributed by atoms with Crippen molar-refractivity contribution in [2.75, 3.05) is 0 Å². The van der Waals surface area contributed by atoms with Crippen molar-refractivity contribution < 1.29 is 19.8 Å². The molecule has 0 aliphatic heterocycles. The van der Waals surface area contributed by atoms with Crippen LogP contribution in [0.25, 0.3) is 11.1 Å². The molecule has 3 aromatic rings. The highest BCUT2D eigenvalue weighted by Crippen LogP contribution is 2.28. The van der Waals surface area contributed by atoms with E-state index in [-0.39, 0.29) is 12.8 Å². The largest absolute Gasteiger partial charge is 0.481 e. The molecule has 1 atom stereocenters. The molecule has 0 saturated carbocycles. The fourth-order valence-electron chi connectivity index (χ4n) is 3.38. The molecule has 4 heteroatoms. The van der Waals surface area contributed by atoms with Crippen LogP contribution in [0.3, 0.4) is 0 Å². The van der Waals surface area contributed by atoms with Gasteiger partial charge in [-0.3, -0.25) is 9.59 Å². The number of benzene rings is 3. The Kier molecular flexibility index (Phi) is 6.22. The summed E-state index contributed by atoms with van der Waals surface area (Å²) in [6.07, 6.45) is 0.508. The van der Waals surface area contributed by atoms with Crippen molar-refractivity contribution in [3.63, 3.8) is 0 Å². The van der Waals surface area contributed by atoms with Gasteiger partial charge < -0.3 is 10.2 Å². The third-order valence-electron chi connectivity index (χ3n) is 4.83. The number of rotatable bonds is 8. The van der Waals surface area contributed by atoms with Crippen molar-refractivity contribution in [3.8, 4) is 11.1 Å². The van der Waals surface area contributed by atoms with Crippen LogP contribution in [-0.2, 0) is 16.0 Å². The van der Waals surface area contributed by atoms with E-state index in [1.54, 1.807) is 12.1 Å². The molecule has 142 valence electrons. The van der Waals surface area contributed by atoms with E-state index in [1.807, 2.05) is 42.5 Å². The van der Waals surface area contributed by atoms with Gasteiger partial charge in [-0.05, 0) is 40.7 Å². The first-order valence-electron chi connectivity index (χ1n) is 9.21. The summed E-state index contributed by atoms with van der Waals surface area (Å²) in [6, 6.07) is 25.7. The normalized spacial score (nSPS) is 11.7. The van der Waals surface area contributed by atoms with Crippen LogP contribution in [0.2, 0.25) is 0 Å². The predicted octanol–water partition coefficient (Wildman–Crippen LogP) is 4.98. The number of carbonyl (C=O) groups is 2. The summed E-state index contributed by atoms with van der Waals surface area (Å²) in [7, 11) is 0. The van der Waals surface area contributed by atoms with Crippen molar-refractivity contribution >= 4 is 11.9 Å². The van der Waals surface area contributed by atoms with Crippen molar-refractivity contribution in [3.05, 3.63) is 95.6 Å². The molecule has 0 fully saturated rings. The van der Waals surface area contributed by atoms with Gasteiger partial charge in [0.2, 0.25) is 0 Å². The van der Waals surface area contributed by atoms with E-state index >= 15 is 0 Å². The molecule has 0 spiro atoms. The summed E-state index contributed by atoms with van der Waals surface area (Å²) in [5.41, 5.74) is 4.95. The zero-order chi connectivity index (χ0) is 19.9. The SMILES string of the molecule is O=C(O)CCC(C(=O)O)c1ccccc1Cc1ccc(-c2ccccc2)cc1. The Hall–Kier alpha value is -3.40. The Bertz CT molecular complexity index is 946. The quantitative estimate of drug-likeness (QED) is 0.583. The number of aliphatic carboxylic acids is 2. The van der Waals surface area contributed by atoms with E-state index in [0.717, 1.165) is 22.3 Å². The van der Waals surface area contributed by atoms with Gasteiger partial charge in [-0.25, -0.2) is 0 Å². The number of hydrogen-bond acceptors (Lipinski definition) is 2. The Morgan fingerprint density at radius 2 is 1.36 bits per heavy atom. The second kappa shape index (κ2) is 9.00. The van der Waals surface area contributed by atoms with Crippen molar-refractivity contribution in [2.45, 2.75) is 25.2 Å². The fourth-order valence-corrected chi connectivity index (χ4v) is 3.38. The number of carboxylic acids is 2. The lowest BCUT2D eigenvalue weighted by atomic mass is 9.88. The van der Waals surface area contributed by atoms with E-state index < -0.39 is 17.9 Å². The van der Waals surface area contributed by atoms with Crippen LogP contribution in [0.15, 0.2) is 78.9 Å². The lowest BCUT2D eigenvalue weighted by Crippen LogP contribution is -2.15. The molecule has 3 rings (SSSR count). The Balaban J connectivity index is 1.83. The first kappa shape index (κ1) is 19.4. The van der Waals surface area contributed by atoms with E-state index in [0.29, 0.717) is 12.0 Å². The second-order valence-electron chi connectivity index (χ2n) is 6.76. The first-order chi connectivity index (χ1) is 13.5. The molecule has 0 saturated heterocycles. The predicted molar refractivity (Wildman–Crippen MR) is 108 cm³/mol. The van der Waals surface area contributed by atoms with Crippen LogP contribution >= 0.6 is 0 Å². The molecule has 1 unspecified atom stereocenters. The highest BCUT2D eigenvalue weighted by molar-refractivity contribution is 5.78. The molecule has 0 aliphatic rings.